The minimum atomic E-state index is -3.46. The van der Waals surface area contributed by atoms with Gasteiger partial charge in [-0.15, -0.1) is 0 Å². The summed E-state index contributed by atoms with van der Waals surface area (Å²) >= 11 is 3.41. The zero-order chi connectivity index (χ0) is 20.5. The second kappa shape index (κ2) is 8.23. The van der Waals surface area contributed by atoms with E-state index in [1.54, 1.807) is 18.2 Å². The average Bonchev–Trinajstić information content (AvgIpc) is 3.04. The molecule has 1 N–H and O–H groups in total. The van der Waals surface area contributed by atoms with E-state index in [9.17, 15) is 13.2 Å². The molecule has 0 saturated carbocycles. The number of sulfonamides is 1. The molecule has 1 aliphatic heterocycles. The van der Waals surface area contributed by atoms with Crippen molar-refractivity contribution in [2.24, 2.45) is 0 Å². The molecule has 3 rings (SSSR count). The first-order chi connectivity index (χ1) is 13.2. The number of carbonyl (C=O) groups excluding carboxylic acids is 1. The first kappa shape index (κ1) is 20.8. The topological polar surface area (TPSA) is 69.7 Å². The maximum atomic E-state index is 12.5. The maximum absolute atomic E-state index is 12.5. The Balaban J connectivity index is 1.67. The van der Waals surface area contributed by atoms with Crippen molar-refractivity contribution in [2.45, 2.75) is 24.3 Å². The highest BCUT2D eigenvalue weighted by Gasteiger charge is 2.25. The lowest BCUT2D eigenvalue weighted by molar-refractivity contribution is -0.120. The van der Waals surface area contributed by atoms with E-state index in [1.165, 1.54) is 18.4 Å². The van der Waals surface area contributed by atoms with Gasteiger partial charge in [-0.2, -0.15) is 0 Å². The summed E-state index contributed by atoms with van der Waals surface area (Å²) in [6.45, 7) is 2.89. The Bertz CT molecular complexity index is 975. The number of hydrogen-bond donors (Lipinski definition) is 1. The van der Waals surface area contributed by atoms with Gasteiger partial charge < -0.3 is 10.2 Å². The van der Waals surface area contributed by atoms with Gasteiger partial charge in [-0.25, -0.2) is 12.7 Å². The highest BCUT2D eigenvalue weighted by molar-refractivity contribution is 9.10. The van der Waals surface area contributed by atoms with Gasteiger partial charge in [0.2, 0.25) is 15.9 Å². The number of benzene rings is 2. The zero-order valence-electron chi connectivity index (χ0n) is 16.1. The van der Waals surface area contributed by atoms with Gasteiger partial charge in [0.15, 0.2) is 0 Å². The van der Waals surface area contributed by atoms with Crippen LogP contribution < -0.4 is 10.2 Å². The van der Waals surface area contributed by atoms with Crippen LogP contribution in [0.1, 0.15) is 24.1 Å². The van der Waals surface area contributed by atoms with Crippen molar-refractivity contribution in [3.05, 3.63) is 58.1 Å². The fourth-order valence-electron chi connectivity index (χ4n) is 3.28. The smallest absolute Gasteiger partial charge is 0.242 e. The maximum Gasteiger partial charge on any atom is 0.242 e. The number of fused-ring (bicyclic) bond motifs is 1. The van der Waals surface area contributed by atoms with Gasteiger partial charge in [0.05, 0.1) is 17.5 Å². The number of nitrogens with one attached hydrogen (secondary N) is 1. The van der Waals surface area contributed by atoms with Crippen LogP contribution in [0.15, 0.2) is 51.8 Å². The van der Waals surface area contributed by atoms with Crippen molar-refractivity contribution >= 4 is 37.5 Å². The molecule has 0 saturated heterocycles. The Morgan fingerprint density at radius 1 is 1.21 bits per heavy atom. The zero-order valence-corrected chi connectivity index (χ0v) is 18.5. The third-order valence-corrected chi connectivity index (χ3v) is 7.24. The molecule has 0 unspecified atom stereocenters. The molecule has 2 aromatic rings. The van der Waals surface area contributed by atoms with Crippen molar-refractivity contribution in [3.63, 3.8) is 0 Å². The van der Waals surface area contributed by atoms with Crippen LogP contribution in [0.5, 0.6) is 0 Å². The predicted octanol–water partition coefficient (Wildman–Crippen LogP) is 2.94. The molecule has 0 aliphatic carbocycles. The monoisotopic (exact) mass is 465 g/mol. The van der Waals surface area contributed by atoms with Crippen molar-refractivity contribution in [1.82, 2.24) is 9.62 Å². The van der Waals surface area contributed by atoms with E-state index in [2.05, 4.69) is 21.2 Å². The SMILES string of the molecule is C[C@H](NC(=O)CN1CCc2cc(S(=O)(=O)N(C)C)ccc21)c1ccc(Br)cc1. The summed E-state index contributed by atoms with van der Waals surface area (Å²) in [5.74, 6) is -0.0618. The molecule has 8 heteroatoms. The van der Waals surface area contributed by atoms with E-state index in [-0.39, 0.29) is 23.4 Å². The van der Waals surface area contributed by atoms with Gasteiger partial charge in [-0.05, 0) is 54.8 Å². The normalized spacial score (nSPS) is 14.8. The van der Waals surface area contributed by atoms with Gasteiger partial charge in [0.1, 0.15) is 0 Å². The van der Waals surface area contributed by atoms with Crippen LogP contribution in [-0.2, 0) is 21.2 Å². The van der Waals surface area contributed by atoms with Crippen molar-refractivity contribution in [2.75, 3.05) is 32.1 Å². The third-order valence-electron chi connectivity index (χ3n) is 4.90. The number of amides is 1. The van der Waals surface area contributed by atoms with Gasteiger partial charge in [-0.3, -0.25) is 4.79 Å². The van der Waals surface area contributed by atoms with E-state index >= 15 is 0 Å². The lowest BCUT2D eigenvalue weighted by atomic mass is 10.1. The molecule has 150 valence electrons. The summed E-state index contributed by atoms with van der Waals surface area (Å²) in [5.41, 5.74) is 2.91. The molecule has 2 aromatic carbocycles. The Morgan fingerprint density at radius 3 is 2.54 bits per heavy atom. The summed E-state index contributed by atoms with van der Waals surface area (Å²) < 4.78 is 26.8. The van der Waals surface area contributed by atoms with Crippen LogP contribution in [0.4, 0.5) is 5.69 Å². The Kier molecular flexibility index (Phi) is 6.12. The first-order valence-electron chi connectivity index (χ1n) is 9.03. The molecule has 1 heterocycles. The van der Waals surface area contributed by atoms with E-state index in [4.69, 9.17) is 0 Å². The summed E-state index contributed by atoms with van der Waals surface area (Å²) in [4.78, 5) is 14.8. The van der Waals surface area contributed by atoms with Crippen LogP contribution in [0.25, 0.3) is 0 Å². The standard InChI is InChI=1S/C20H24BrN3O3S/c1-14(15-4-6-17(21)7-5-15)22-20(25)13-24-11-10-16-12-18(8-9-19(16)24)28(26,27)23(2)3/h4-9,12,14H,10-11,13H2,1-3H3,(H,22,25)/t14-/m0/s1. The van der Waals surface area contributed by atoms with Gasteiger partial charge >= 0.3 is 0 Å². The molecule has 0 fully saturated rings. The number of rotatable bonds is 6. The lowest BCUT2D eigenvalue weighted by Gasteiger charge is -2.21. The van der Waals surface area contributed by atoms with Crippen molar-refractivity contribution in [3.8, 4) is 0 Å². The lowest BCUT2D eigenvalue weighted by Crippen LogP contribution is -2.37. The molecule has 0 radical (unpaired) electrons. The number of anilines is 1. The number of nitrogens with zero attached hydrogens (tertiary/aromatic N) is 2. The van der Waals surface area contributed by atoms with E-state index in [0.29, 0.717) is 6.54 Å². The minimum Gasteiger partial charge on any atom is -0.362 e. The van der Waals surface area contributed by atoms with Gasteiger partial charge in [0.25, 0.3) is 0 Å². The quantitative estimate of drug-likeness (QED) is 0.711. The molecule has 6 nitrogen and oxygen atoms in total. The van der Waals surface area contributed by atoms with Crippen LogP contribution in [0, 0.1) is 0 Å². The van der Waals surface area contributed by atoms with E-state index < -0.39 is 10.0 Å². The van der Waals surface area contributed by atoms with Gasteiger partial charge in [0, 0.05) is 30.8 Å². The highest BCUT2D eigenvalue weighted by Crippen LogP contribution is 2.30. The van der Waals surface area contributed by atoms with Crippen LogP contribution in [-0.4, -0.2) is 45.8 Å². The second-order valence-electron chi connectivity index (χ2n) is 7.09. The molecular formula is C20H24BrN3O3S. The van der Waals surface area contributed by atoms with Crippen LogP contribution in [0.2, 0.25) is 0 Å². The molecule has 0 spiro atoms. The Morgan fingerprint density at radius 2 is 1.89 bits per heavy atom. The van der Waals surface area contributed by atoms with Crippen LogP contribution >= 0.6 is 15.9 Å². The van der Waals surface area contributed by atoms with Crippen molar-refractivity contribution < 1.29 is 13.2 Å². The number of hydrogen-bond acceptors (Lipinski definition) is 4. The molecule has 28 heavy (non-hydrogen) atoms. The van der Waals surface area contributed by atoms with E-state index in [0.717, 1.165) is 27.7 Å². The van der Waals surface area contributed by atoms with Crippen molar-refractivity contribution in [1.29, 1.82) is 0 Å². The number of carbonyl (C=O) groups is 1. The summed E-state index contributed by atoms with van der Waals surface area (Å²) in [6.07, 6.45) is 0.724. The molecule has 1 aliphatic rings. The molecule has 0 aromatic heterocycles. The van der Waals surface area contributed by atoms with E-state index in [1.807, 2.05) is 36.1 Å². The molecule has 0 bridgehead atoms. The molecular weight excluding hydrogens is 442 g/mol. The fourth-order valence-corrected chi connectivity index (χ4v) is 4.49. The second-order valence-corrected chi connectivity index (χ2v) is 10.2. The Labute approximate surface area is 174 Å². The highest BCUT2D eigenvalue weighted by atomic mass is 79.9. The molecule has 1 amide bonds. The molecule has 1 atom stereocenters. The largest absolute Gasteiger partial charge is 0.362 e. The third kappa shape index (κ3) is 4.39. The summed E-state index contributed by atoms with van der Waals surface area (Å²) in [7, 11) is -0.417. The number of halogens is 1. The average molecular weight is 466 g/mol. The fraction of sp³-hybridized carbons (Fsp3) is 0.350. The van der Waals surface area contributed by atoms with Gasteiger partial charge in [-0.1, -0.05) is 28.1 Å². The Hall–Kier alpha value is -1.90. The summed E-state index contributed by atoms with van der Waals surface area (Å²) in [6, 6.07) is 12.9. The summed E-state index contributed by atoms with van der Waals surface area (Å²) in [5, 5.41) is 3.03. The predicted molar refractivity (Wildman–Crippen MR) is 114 cm³/mol. The minimum absolute atomic E-state index is 0.0618. The first-order valence-corrected chi connectivity index (χ1v) is 11.3. The van der Waals surface area contributed by atoms with Crippen LogP contribution in [0.3, 0.4) is 0 Å².